The van der Waals surface area contributed by atoms with E-state index < -0.39 is 0 Å². The van der Waals surface area contributed by atoms with Gasteiger partial charge in [-0.15, -0.1) is 0 Å². The fraction of sp³-hybridized carbons (Fsp3) is 0.667. The van der Waals surface area contributed by atoms with Crippen LogP contribution in [0.2, 0.25) is 0 Å². The van der Waals surface area contributed by atoms with Crippen molar-refractivity contribution in [2.75, 3.05) is 25.1 Å². The van der Waals surface area contributed by atoms with Crippen molar-refractivity contribution < 1.29 is 4.74 Å². The fourth-order valence-corrected chi connectivity index (χ4v) is 1.56. The zero-order valence-corrected chi connectivity index (χ0v) is 10.9. The van der Waals surface area contributed by atoms with Gasteiger partial charge < -0.3 is 10.1 Å². The zero-order chi connectivity index (χ0) is 12.8. The van der Waals surface area contributed by atoms with Gasteiger partial charge in [-0.2, -0.15) is 10.4 Å². The van der Waals surface area contributed by atoms with E-state index in [-0.39, 0.29) is 0 Å². The van der Waals surface area contributed by atoms with Crippen molar-refractivity contribution >= 4 is 5.82 Å². The van der Waals surface area contributed by atoms with E-state index in [0.29, 0.717) is 24.6 Å². The minimum absolute atomic E-state index is 0.545. The quantitative estimate of drug-likeness (QED) is 0.763. The highest BCUT2D eigenvalue weighted by Gasteiger charge is 2.11. The Labute approximate surface area is 102 Å². The Kier molecular flexibility index (Phi) is 4.98. The van der Waals surface area contributed by atoms with E-state index in [1.165, 1.54) is 0 Å². The molecule has 94 valence electrons. The molecule has 5 nitrogen and oxygen atoms in total. The third kappa shape index (κ3) is 3.75. The second kappa shape index (κ2) is 6.26. The summed E-state index contributed by atoms with van der Waals surface area (Å²) in [6.07, 6.45) is 0. The van der Waals surface area contributed by atoms with Crippen molar-refractivity contribution in [3.8, 4) is 6.07 Å². The summed E-state index contributed by atoms with van der Waals surface area (Å²) in [4.78, 5) is 0. The average Bonchev–Trinajstić information content (AvgIpc) is 2.52. The van der Waals surface area contributed by atoms with Crippen LogP contribution in [-0.4, -0.2) is 29.5 Å². The van der Waals surface area contributed by atoms with E-state index in [1.807, 2.05) is 14.0 Å². The van der Waals surface area contributed by atoms with E-state index in [9.17, 15) is 0 Å². The number of aryl methyl sites for hydroxylation is 2. The molecule has 1 aromatic rings. The van der Waals surface area contributed by atoms with E-state index >= 15 is 0 Å². The average molecular weight is 236 g/mol. The molecule has 0 aliphatic rings. The molecule has 0 spiro atoms. The summed E-state index contributed by atoms with van der Waals surface area (Å²) < 4.78 is 7.15. The van der Waals surface area contributed by atoms with Gasteiger partial charge in [-0.3, -0.25) is 4.68 Å². The lowest BCUT2D eigenvalue weighted by atomic mass is 10.2. The van der Waals surface area contributed by atoms with Crippen molar-refractivity contribution in [1.29, 1.82) is 5.26 Å². The molecule has 0 atom stereocenters. The van der Waals surface area contributed by atoms with Gasteiger partial charge in [-0.1, -0.05) is 13.8 Å². The molecule has 0 unspecified atom stereocenters. The molecule has 0 aliphatic carbocycles. The number of nitrogens with one attached hydrogen (secondary N) is 1. The summed E-state index contributed by atoms with van der Waals surface area (Å²) in [6.45, 7) is 8.14. The minimum Gasteiger partial charge on any atom is -0.379 e. The van der Waals surface area contributed by atoms with Gasteiger partial charge in [0.05, 0.1) is 12.3 Å². The number of nitriles is 1. The van der Waals surface area contributed by atoms with Gasteiger partial charge in [0, 0.05) is 20.2 Å². The van der Waals surface area contributed by atoms with Crippen molar-refractivity contribution in [2.24, 2.45) is 13.0 Å². The second-order valence-corrected chi connectivity index (χ2v) is 4.44. The first-order valence-electron chi connectivity index (χ1n) is 5.81. The van der Waals surface area contributed by atoms with E-state index in [1.54, 1.807) is 4.68 Å². The van der Waals surface area contributed by atoms with Gasteiger partial charge in [0.1, 0.15) is 17.5 Å². The van der Waals surface area contributed by atoms with Crippen LogP contribution in [0.3, 0.4) is 0 Å². The summed E-state index contributed by atoms with van der Waals surface area (Å²) in [7, 11) is 1.82. The Morgan fingerprint density at radius 3 is 2.82 bits per heavy atom. The summed E-state index contributed by atoms with van der Waals surface area (Å²) in [5.41, 5.74) is 1.36. The Morgan fingerprint density at radius 2 is 2.24 bits per heavy atom. The van der Waals surface area contributed by atoms with Crippen molar-refractivity contribution in [3.63, 3.8) is 0 Å². The first-order chi connectivity index (χ1) is 8.06. The maximum absolute atomic E-state index is 9.01. The monoisotopic (exact) mass is 236 g/mol. The standard InChI is InChI=1S/C12H20N4O/c1-9(2)8-17-6-5-14-12-11(7-13)10(3)15-16(12)4/h9,14H,5-6,8H2,1-4H3. The van der Waals surface area contributed by atoms with Gasteiger partial charge in [-0.25, -0.2) is 0 Å². The molecule has 0 bridgehead atoms. The molecule has 1 rings (SSSR count). The van der Waals surface area contributed by atoms with Gasteiger partial charge in [0.2, 0.25) is 0 Å². The fourth-order valence-electron chi connectivity index (χ4n) is 1.56. The Hall–Kier alpha value is -1.54. The topological polar surface area (TPSA) is 62.9 Å². The lowest BCUT2D eigenvalue weighted by molar-refractivity contribution is 0.118. The van der Waals surface area contributed by atoms with Crippen LogP contribution in [0.25, 0.3) is 0 Å². The lowest BCUT2D eigenvalue weighted by Gasteiger charge is -2.09. The molecule has 17 heavy (non-hydrogen) atoms. The van der Waals surface area contributed by atoms with Crippen LogP contribution in [0.1, 0.15) is 25.1 Å². The smallest absolute Gasteiger partial charge is 0.142 e. The number of hydrogen-bond acceptors (Lipinski definition) is 4. The van der Waals surface area contributed by atoms with Crippen LogP contribution < -0.4 is 5.32 Å². The molecule has 1 heterocycles. The van der Waals surface area contributed by atoms with Gasteiger partial charge in [0.25, 0.3) is 0 Å². The zero-order valence-electron chi connectivity index (χ0n) is 10.9. The number of hydrogen-bond donors (Lipinski definition) is 1. The van der Waals surface area contributed by atoms with Crippen LogP contribution in [0.4, 0.5) is 5.82 Å². The molecule has 0 saturated carbocycles. The largest absolute Gasteiger partial charge is 0.379 e. The second-order valence-electron chi connectivity index (χ2n) is 4.44. The highest BCUT2D eigenvalue weighted by molar-refractivity contribution is 5.54. The molecule has 1 N–H and O–H groups in total. The third-order valence-electron chi connectivity index (χ3n) is 2.32. The summed E-state index contributed by atoms with van der Waals surface area (Å²) in [5.74, 6) is 1.31. The third-order valence-corrected chi connectivity index (χ3v) is 2.32. The highest BCUT2D eigenvalue weighted by Crippen LogP contribution is 2.16. The van der Waals surface area contributed by atoms with E-state index in [4.69, 9.17) is 10.00 Å². The normalized spacial score (nSPS) is 10.6. The first kappa shape index (κ1) is 13.5. The minimum atomic E-state index is 0.545. The van der Waals surface area contributed by atoms with Crippen LogP contribution in [0, 0.1) is 24.2 Å². The summed E-state index contributed by atoms with van der Waals surface area (Å²) >= 11 is 0. The molecule has 0 aromatic carbocycles. The van der Waals surface area contributed by atoms with Crippen LogP contribution >= 0.6 is 0 Å². The number of ether oxygens (including phenoxy) is 1. The molecular formula is C12H20N4O. The number of rotatable bonds is 6. The molecule has 5 heteroatoms. The Bertz CT molecular complexity index is 403. The molecule has 0 amide bonds. The van der Waals surface area contributed by atoms with Crippen LogP contribution in [0.5, 0.6) is 0 Å². The first-order valence-corrected chi connectivity index (χ1v) is 5.81. The van der Waals surface area contributed by atoms with Crippen molar-refractivity contribution in [2.45, 2.75) is 20.8 Å². The number of anilines is 1. The maximum atomic E-state index is 9.01. The van der Waals surface area contributed by atoms with Crippen molar-refractivity contribution in [3.05, 3.63) is 11.3 Å². The molecule has 0 radical (unpaired) electrons. The van der Waals surface area contributed by atoms with Crippen LogP contribution in [0.15, 0.2) is 0 Å². The van der Waals surface area contributed by atoms with E-state index in [0.717, 1.165) is 18.1 Å². The maximum Gasteiger partial charge on any atom is 0.142 e. The highest BCUT2D eigenvalue weighted by atomic mass is 16.5. The molecule has 0 aliphatic heterocycles. The van der Waals surface area contributed by atoms with E-state index in [2.05, 4.69) is 30.3 Å². The Morgan fingerprint density at radius 1 is 1.53 bits per heavy atom. The molecule has 0 fully saturated rings. The molecular weight excluding hydrogens is 216 g/mol. The number of nitrogens with zero attached hydrogens (tertiary/aromatic N) is 3. The predicted molar refractivity (Wildman–Crippen MR) is 66.8 cm³/mol. The summed E-state index contributed by atoms with van der Waals surface area (Å²) in [6, 6.07) is 2.16. The van der Waals surface area contributed by atoms with Gasteiger partial charge >= 0.3 is 0 Å². The predicted octanol–water partition coefficient (Wildman–Crippen LogP) is 1.68. The number of aromatic nitrogens is 2. The molecule has 1 aromatic heterocycles. The summed E-state index contributed by atoms with van der Waals surface area (Å²) in [5, 5.41) is 16.4. The van der Waals surface area contributed by atoms with Gasteiger partial charge in [0.15, 0.2) is 0 Å². The SMILES string of the molecule is Cc1nn(C)c(NCCOCC(C)C)c1C#N. The molecule has 0 saturated heterocycles. The lowest BCUT2D eigenvalue weighted by Crippen LogP contribution is -2.14. The van der Waals surface area contributed by atoms with Gasteiger partial charge in [-0.05, 0) is 12.8 Å². The van der Waals surface area contributed by atoms with Crippen LogP contribution in [-0.2, 0) is 11.8 Å². The Balaban J connectivity index is 2.44. The van der Waals surface area contributed by atoms with Crippen molar-refractivity contribution in [1.82, 2.24) is 9.78 Å².